The van der Waals surface area contributed by atoms with Crippen LogP contribution in [0.15, 0.2) is 84.9 Å². The fraction of sp³-hybridized carbons (Fsp3) is 0.259. The fourth-order valence-electron chi connectivity index (χ4n) is 3.83. The van der Waals surface area contributed by atoms with Crippen molar-refractivity contribution < 1.29 is 9.59 Å². The standard InChI is InChI=1S/C27H29ClN2O2/c1-3-29-27(32)20(2)30(19-21-11-10-16-24(28)17-21)26(31)18-25(22-12-6-4-7-13-22)23-14-8-5-9-15-23/h4-17,20,25H,3,18-19H2,1-2H3,(H,29,32). The number of amides is 2. The Morgan fingerprint density at radius 3 is 2.03 bits per heavy atom. The topological polar surface area (TPSA) is 49.4 Å². The minimum absolute atomic E-state index is 0.0820. The van der Waals surface area contributed by atoms with Gasteiger partial charge in [-0.1, -0.05) is 84.4 Å². The van der Waals surface area contributed by atoms with Crippen molar-refractivity contribution in [2.24, 2.45) is 0 Å². The summed E-state index contributed by atoms with van der Waals surface area (Å²) in [5.41, 5.74) is 3.03. The molecule has 1 N–H and O–H groups in total. The van der Waals surface area contributed by atoms with Crippen LogP contribution in [0.3, 0.4) is 0 Å². The summed E-state index contributed by atoms with van der Waals surface area (Å²) in [5.74, 6) is -0.353. The summed E-state index contributed by atoms with van der Waals surface area (Å²) in [6, 6.07) is 26.8. The van der Waals surface area contributed by atoms with Crippen LogP contribution in [0, 0.1) is 0 Å². The fourth-order valence-corrected chi connectivity index (χ4v) is 4.04. The summed E-state index contributed by atoms with van der Waals surface area (Å²) in [6.45, 7) is 4.47. The van der Waals surface area contributed by atoms with Crippen molar-refractivity contribution in [2.45, 2.75) is 38.8 Å². The molecule has 0 heterocycles. The number of hydrogen-bond donors (Lipinski definition) is 1. The van der Waals surface area contributed by atoms with Crippen molar-refractivity contribution in [3.05, 3.63) is 107 Å². The van der Waals surface area contributed by atoms with E-state index in [-0.39, 0.29) is 24.2 Å². The van der Waals surface area contributed by atoms with Crippen LogP contribution in [0.5, 0.6) is 0 Å². The quantitative estimate of drug-likeness (QED) is 0.475. The predicted molar refractivity (Wildman–Crippen MR) is 129 cm³/mol. The highest BCUT2D eigenvalue weighted by atomic mass is 35.5. The van der Waals surface area contributed by atoms with Crippen molar-refractivity contribution in [1.29, 1.82) is 0 Å². The Hall–Kier alpha value is -3.11. The number of carbonyl (C=O) groups is 2. The first-order valence-electron chi connectivity index (χ1n) is 10.9. The van der Waals surface area contributed by atoms with E-state index in [9.17, 15) is 9.59 Å². The Bertz CT molecular complexity index is 985. The molecule has 0 aromatic heterocycles. The molecular weight excluding hydrogens is 420 g/mol. The largest absolute Gasteiger partial charge is 0.355 e. The molecule has 3 rings (SSSR count). The minimum Gasteiger partial charge on any atom is -0.355 e. The van der Waals surface area contributed by atoms with Gasteiger partial charge in [0.1, 0.15) is 6.04 Å². The summed E-state index contributed by atoms with van der Waals surface area (Å²) in [7, 11) is 0. The van der Waals surface area contributed by atoms with E-state index in [0.717, 1.165) is 16.7 Å². The van der Waals surface area contributed by atoms with Gasteiger partial charge in [0.2, 0.25) is 11.8 Å². The van der Waals surface area contributed by atoms with Crippen LogP contribution in [0.2, 0.25) is 5.02 Å². The lowest BCUT2D eigenvalue weighted by atomic mass is 9.88. The highest BCUT2D eigenvalue weighted by Gasteiger charge is 2.28. The molecule has 2 amide bonds. The molecule has 0 bridgehead atoms. The molecule has 3 aromatic carbocycles. The average molecular weight is 449 g/mol. The number of carbonyl (C=O) groups excluding carboxylic acids is 2. The van der Waals surface area contributed by atoms with Crippen molar-refractivity contribution in [3.8, 4) is 0 Å². The van der Waals surface area contributed by atoms with Crippen molar-refractivity contribution in [3.63, 3.8) is 0 Å². The lowest BCUT2D eigenvalue weighted by Crippen LogP contribution is -2.47. The number of likely N-dealkylation sites (N-methyl/N-ethyl adjacent to an activating group) is 1. The first kappa shape index (κ1) is 23.6. The van der Waals surface area contributed by atoms with Gasteiger partial charge in [0, 0.05) is 30.5 Å². The number of rotatable bonds is 9. The number of hydrogen-bond acceptors (Lipinski definition) is 2. The van der Waals surface area contributed by atoms with Crippen LogP contribution >= 0.6 is 11.6 Å². The highest BCUT2D eigenvalue weighted by Crippen LogP contribution is 2.29. The van der Waals surface area contributed by atoms with E-state index in [1.165, 1.54) is 0 Å². The van der Waals surface area contributed by atoms with Gasteiger partial charge in [0.05, 0.1) is 0 Å². The SMILES string of the molecule is CCNC(=O)C(C)N(Cc1cccc(Cl)c1)C(=O)CC(c1ccccc1)c1ccccc1. The lowest BCUT2D eigenvalue weighted by molar-refractivity contribution is -0.140. The van der Waals surface area contributed by atoms with Gasteiger partial charge in [-0.3, -0.25) is 9.59 Å². The molecule has 0 saturated carbocycles. The van der Waals surface area contributed by atoms with Gasteiger partial charge < -0.3 is 10.2 Å². The van der Waals surface area contributed by atoms with Gasteiger partial charge in [0.25, 0.3) is 0 Å². The van der Waals surface area contributed by atoms with Crippen LogP contribution in [0.4, 0.5) is 0 Å². The summed E-state index contributed by atoms with van der Waals surface area (Å²) in [5, 5.41) is 3.44. The second kappa shape index (κ2) is 11.5. The van der Waals surface area contributed by atoms with Gasteiger partial charge in [-0.05, 0) is 42.7 Å². The zero-order chi connectivity index (χ0) is 22.9. The van der Waals surface area contributed by atoms with Crippen molar-refractivity contribution in [1.82, 2.24) is 10.2 Å². The maximum absolute atomic E-state index is 13.7. The van der Waals surface area contributed by atoms with Crippen molar-refractivity contribution in [2.75, 3.05) is 6.54 Å². The lowest BCUT2D eigenvalue weighted by Gasteiger charge is -2.30. The molecule has 4 nitrogen and oxygen atoms in total. The summed E-state index contributed by atoms with van der Waals surface area (Å²) in [4.78, 5) is 27.9. The molecule has 0 spiro atoms. The maximum atomic E-state index is 13.7. The third kappa shape index (κ3) is 6.21. The summed E-state index contributed by atoms with van der Waals surface area (Å²) in [6.07, 6.45) is 0.262. The normalized spacial score (nSPS) is 11.8. The minimum atomic E-state index is -0.603. The zero-order valence-corrected chi connectivity index (χ0v) is 19.3. The third-order valence-electron chi connectivity index (χ3n) is 5.54. The molecule has 0 fully saturated rings. The van der Waals surface area contributed by atoms with E-state index in [1.54, 1.807) is 17.9 Å². The first-order chi connectivity index (χ1) is 15.5. The molecule has 166 valence electrons. The van der Waals surface area contributed by atoms with E-state index in [4.69, 9.17) is 11.6 Å². The van der Waals surface area contributed by atoms with Gasteiger partial charge in [-0.2, -0.15) is 0 Å². The van der Waals surface area contributed by atoms with Gasteiger partial charge in [-0.15, -0.1) is 0 Å². The number of nitrogens with one attached hydrogen (secondary N) is 1. The zero-order valence-electron chi connectivity index (χ0n) is 18.5. The molecule has 5 heteroatoms. The average Bonchev–Trinajstić information content (AvgIpc) is 2.81. The highest BCUT2D eigenvalue weighted by molar-refractivity contribution is 6.30. The van der Waals surface area contributed by atoms with E-state index in [0.29, 0.717) is 18.1 Å². The Morgan fingerprint density at radius 2 is 1.50 bits per heavy atom. The van der Waals surface area contributed by atoms with Crippen LogP contribution in [0.1, 0.15) is 42.9 Å². The second-order valence-corrected chi connectivity index (χ2v) is 8.24. The van der Waals surface area contributed by atoms with Crippen LogP contribution in [-0.4, -0.2) is 29.3 Å². The predicted octanol–water partition coefficient (Wildman–Crippen LogP) is 5.42. The van der Waals surface area contributed by atoms with Gasteiger partial charge in [0.15, 0.2) is 0 Å². The van der Waals surface area contributed by atoms with E-state index in [1.807, 2.05) is 85.8 Å². The third-order valence-corrected chi connectivity index (χ3v) is 5.78. The molecule has 0 aliphatic heterocycles. The van der Waals surface area contributed by atoms with E-state index in [2.05, 4.69) is 5.32 Å². The molecule has 1 atom stereocenters. The van der Waals surface area contributed by atoms with E-state index >= 15 is 0 Å². The first-order valence-corrected chi connectivity index (χ1v) is 11.3. The molecular formula is C27H29ClN2O2. The molecule has 0 radical (unpaired) electrons. The molecule has 32 heavy (non-hydrogen) atoms. The molecule has 1 unspecified atom stereocenters. The van der Waals surface area contributed by atoms with Gasteiger partial charge >= 0.3 is 0 Å². The monoisotopic (exact) mass is 448 g/mol. The number of nitrogens with zero attached hydrogens (tertiary/aromatic N) is 1. The van der Waals surface area contributed by atoms with E-state index < -0.39 is 6.04 Å². The van der Waals surface area contributed by atoms with Crippen LogP contribution < -0.4 is 5.32 Å². The number of benzene rings is 3. The maximum Gasteiger partial charge on any atom is 0.242 e. The van der Waals surface area contributed by atoms with Crippen LogP contribution in [-0.2, 0) is 16.1 Å². The molecule has 0 saturated heterocycles. The van der Waals surface area contributed by atoms with Crippen molar-refractivity contribution >= 4 is 23.4 Å². The summed E-state index contributed by atoms with van der Waals surface area (Å²) < 4.78 is 0. The summed E-state index contributed by atoms with van der Waals surface area (Å²) >= 11 is 6.16. The number of halogens is 1. The Labute approximate surface area is 195 Å². The Morgan fingerprint density at radius 1 is 0.906 bits per heavy atom. The second-order valence-electron chi connectivity index (χ2n) is 7.80. The molecule has 0 aliphatic carbocycles. The smallest absolute Gasteiger partial charge is 0.242 e. The van der Waals surface area contributed by atoms with Crippen LogP contribution in [0.25, 0.3) is 0 Å². The Balaban J connectivity index is 1.91. The molecule has 3 aromatic rings. The Kier molecular flexibility index (Phi) is 8.46. The molecule has 0 aliphatic rings. The van der Waals surface area contributed by atoms with Gasteiger partial charge in [-0.25, -0.2) is 0 Å².